The summed E-state index contributed by atoms with van der Waals surface area (Å²) >= 11 is 0. The molecule has 32 heavy (non-hydrogen) atoms. The molecule has 0 saturated heterocycles. The third-order valence-corrected chi connectivity index (χ3v) is 11.4. The van der Waals surface area contributed by atoms with Gasteiger partial charge in [-0.15, -0.1) is 0 Å². The number of fused-ring (bicyclic) bond motifs is 5. The lowest BCUT2D eigenvalue weighted by Gasteiger charge is -2.60. The van der Waals surface area contributed by atoms with Crippen LogP contribution in [0.2, 0.25) is 0 Å². The van der Waals surface area contributed by atoms with Gasteiger partial charge in [-0.05, 0) is 103 Å². The summed E-state index contributed by atoms with van der Waals surface area (Å²) in [7, 11) is 0. The summed E-state index contributed by atoms with van der Waals surface area (Å²) in [6.07, 6.45) is 10.5. The van der Waals surface area contributed by atoms with Gasteiger partial charge in [0.2, 0.25) is 0 Å². The van der Waals surface area contributed by atoms with Crippen LogP contribution in [-0.2, 0) is 0 Å². The Bertz CT molecular complexity index is 701. The largest absolute Gasteiger partial charge is 0.390 e. The van der Waals surface area contributed by atoms with Crippen molar-refractivity contribution in [1.82, 2.24) is 0 Å². The first kappa shape index (κ1) is 24.7. The van der Waals surface area contributed by atoms with Crippen molar-refractivity contribution >= 4 is 0 Å². The molecule has 4 aliphatic carbocycles. The van der Waals surface area contributed by atoms with E-state index >= 15 is 0 Å². The molecular weight excluding hydrogens is 396 g/mol. The summed E-state index contributed by atoms with van der Waals surface area (Å²) < 4.78 is 0. The van der Waals surface area contributed by atoms with Gasteiger partial charge in [0.25, 0.3) is 0 Å². The van der Waals surface area contributed by atoms with Crippen LogP contribution in [0.15, 0.2) is 11.6 Å². The number of hydrogen-bond donors (Lipinski definition) is 3. The highest BCUT2D eigenvalue weighted by Gasteiger charge is 2.62. The summed E-state index contributed by atoms with van der Waals surface area (Å²) in [6, 6.07) is 0. The maximum Gasteiger partial charge on any atom is 0.101 e. The molecule has 0 unspecified atom stereocenters. The molecule has 0 aromatic rings. The Morgan fingerprint density at radius 1 is 0.938 bits per heavy atom. The molecule has 0 spiro atoms. The number of rotatable bonds is 6. The predicted molar refractivity (Wildman–Crippen MR) is 131 cm³/mol. The summed E-state index contributed by atoms with van der Waals surface area (Å²) in [5.74, 6) is 4.45. The predicted octanol–water partition coefficient (Wildman–Crippen LogP) is 5.97. The number of aliphatic hydroxyl groups excluding tert-OH is 3. The lowest BCUT2D eigenvalue weighted by atomic mass is 9.46. The van der Waals surface area contributed by atoms with E-state index < -0.39 is 18.3 Å². The van der Waals surface area contributed by atoms with E-state index in [1.54, 1.807) is 0 Å². The smallest absolute Gasteiger partial charge is 0.101 e. The van der Waals surface area contributed by atoms with Gasteiger partial charge in [0, 0.05) is 0 Å². The highest BCUT2D eigenvalue weighted by atomic mass is 16.3. The van der Waals surface area contributed by atoms with Crippen molar-refractivity contribution in [2.45, 2.75) is 118 Å². The molecular formula is C29H50O3. The SMILES string of the molecule is CC[C@H](CC[C@@H](C)[C@H]1CC[C@H]2[C@@H]3[C@H](O)C=C4[C@@H](O)[C@@H](O)CC[C@]4(C)[C@H]3CC[C@]12C)C(C)C. The van der Waals surface area contributed by atoms with Crippen LogP contribution in [-0.4, -0.2) is 33.6 Å². The Labute approximate surface area is 197 Å². The van der Waals surface area contributed by atoms with Crippen LogP contribution in [0.5, 0.6) is 0 Å². The van der Waals surface area contributed by atoms with E-state index in [2.05, 4.69) is 41.5 Å². The van der Waals surface area contributed by atoms with E-state index in [9.17, 15) is 15.3 Å². The van der Waals surface area contributed by atoms with Gasteiger partial charge in [-0.3, -0.25) is 0 Å². The van der Waals surface area contributed by atoms with Crippen LogP contribution < -0.4 is 0 Å². The molecule has 184 valence electrons. The maximum absolute atomic E-state index is 11.3. The van der Waals surface area contributed by atoms with Gasteiger partial charge in [0.1, 0.15) is 6.10 Å². The van der Waals surface area contributed by atoms with Gasteiger partial charge in [-0.1, -0.05) is 60.5 Å². The molecule has 3 heteroatoms. The molecule has 0 bridgehead atoms. The Morgan fingerprint density at radius 2 is 1.66 bits per heavy atom. The normalized spacial score (nSPS) is 47.9. The fourth-order valence-electron chi connectivity index (χ4n) is 9.36. The lowest BCUT2D eigenvalue weighted by molar-refractivity contribution is -0.112. The quantitative estimate of drug-likeness (QED) is 0.441. The van der Waals surface area contributed by atoms with Gasteiger partial charge >= 0.3 is 0 Å². The molecule has 3 N–H and O–H groups in total. The van der Waals surface area contributed by atoms with Crippen molar-refractivity contribution in [3.8, 4) is 0 Å². The Balaban J connectivity index is 1.54. The van der Waals surface area contributed by atoms with E-state index in [-0.39, 0.29) is 5.41 Å². The molecule has 0 aromatic heterocycles. The standard InChI is InChI=1S/C29H50O3/c1-7-19(17(2)3)9-8-18(4)20-10-11-21-26-22(12-14-28(20,21)5)29(6)15-13-24(30)27(32)23(29)16-25(26)31/h16-22,24-27,30-32H,7-15H2,1-6H3/t18-,19-,20-,21+,22+,24+,25-,26+,27-,28-,29-/m1/s1. The molecule has 0 aliphatic heterocycles. The van der Waals surface area contributed by atoms with Gasteiger partial charge in [0.15, 0.2) is 0 Å². The Morgan fingerprint density at radius 3 is 2.31 bits per heavy atom. The van der Waals surface area contributed by atoms with Crippen molar-refractivity contribution in [2.24, 2.45) is 52.3 Å². The fraction of sp³-hybridized carbons (Fsp3) is 0.931. The fourth-order valence-corrected chi connectivity index (χ4v) is 9.36. The minimum absolute atomic E-state index is 0.0703. The molecule has 0 heterocycles. The van der Waals surface area contributed by atoms with Crippen molar-refractivity contribution in [3.63, 3.8) is 0 Å². The van der Waals surface area contributed by atoms with Crippen LogP contribution in [0.1, 0.15) is 99.3 Å². The van der Waals surface area contributed by atoms with Gasteiger partial charge in [0.05, 0.1) is 12.2 Å². The van der Waals surface area contributed by atoms with Crippen LogP contribution in [0.25, 0.3) is 0 Å². The molecule has 0 aromatic carbocycles. The Kier molecular flexibility index (Phi) is 6.96. The third-order valence-electron chi connectivity index (χ3n) is 11.4. The second kappa shape index (κ2) is 9.00. The van der Waals surface area contributed by atoms with Crippen molar-refractivity contribution in [1.29, 1.82) is 0 Å². The highest BCUT2D eigenvalue weighted by Crippen LogP contribution is 2.67. The summed E-state index contributed by atoms with van der Waals surface area (Å²) in [4.78, 5) is 0. The second-order valence-corrected chi connectivity index (χ2v) is 13.1. The zero-order valence-electron chi connectivity index (χ0n) is 21.6. The van der Waals surface area contributed by atoms with Crippen molar-refractivity contribution in [2.75, 3.05) is 0 Å². The van der Waals surface area contributed by atoms with Crippen molar-refractivity contribution < 1.29 is 15.3 Å². The van der Waals surface area contributed by atoms with E-state index in [0.29, 0.717) is 29.6 Å². The highest BCUT2D eigenvalue weighted by molar-refractivity contribution is 5.31. The van der Waals surface area contributed by atoms with Crippen LogP contribution in [0, 0.1) is 52.3 Å². The zero-order valence-corrected chi connectivity index (χ0v) is 21.6. The molecule has 3 nitrogen and oxygen atoms in total. The zero-order chi connectivity index (χ0) is 23.4. The van der Waals surface area contributed by atoms with E-state index in [1.807, 2.05) is 6.08 Å². The molecule has 3 fully saturated rings. The van der Waals surface area contributed by atoms with E-state index in [4.69, 9.17) is 0 Å². The third kappa shape index (κ3) is 3.83. The topological polar surface area (TPSA) is 60.7 Å². The molecule has 0 amide bonds. The van der Waals surface area contributed by atoms with Crippen LogP contribution >= 0.6 is 0 Å². The average molecular weight is 447 g/mol. The Hall–Kier alpha value is -0.380. The molecule has 4 rings (SSSR count). The van der Waals surface area contributed by atoms with E-state index in [1.165, 1.54) is 38.5 Å². The summed E-state index contributed by atoms with van der Waals surface area (Å²) in [5.41, 5.74) is 1.19. The second-order valence-electron chi connectivity index (χ2n) is 13.1. The van der Waals surface area contributed by atoms with Crippen molar-refractivity contribution in [3.05, 3.63) is 11.6 Å². The minimum Gasteiger partial charge on any atom is -0.390 e. The number of aliphatic hydroxyl groups is 3. The van der Waals surface area contributed by atoms with Crippen LogP contribution in [0.3, 0.4) is 0 Å². The molecule has 11 atom stereocenters. The lowest BCUT2D eigenvalue weighted by Crippen LogP contribution is -2.57. The minimum atomic E-state index is -0.804. The average Bonchev–Trinajstić information content (AvgIpc) is 3.10. The summed E-state index contributed by atoms with van der Waals surface area (Å²) in [6.45, 7) is 14.5. The number of hydrogen-bond acceptors (Lipinski definition) is 3. The first-order valence-corrected chi connectivity index (χ1v) is 13.8. The van der Waals surface area contributed by atoms with Gasteiger partial charge in [-0.2, -0.15) is 0 Å². The molecule has 0 radical (unpaired) electrons. The van der Waals surface area contributed by atoms with Gasteiger partial charge < -0.3 is 15.3 Å². The van der Waals surface area contributed by atoms with Crippen LogP contribution in [0.4, 0.5) is 0 Å². The molecule has 3 saturated carbocycles. The molecule has 4 aliphatic rings. The maximum atomic E-state index is 11.3. The summed E-state index contributed by atoms with van der Waals surface area (Å²) in [5, 5.41) is 32.4. The first-order valence-electron chi connectivity index (χ1n) is 13.8. The monoisotopic (exact) mass is 446 g/mol. The van der Waals surface area contributed by atoms with Gasteiger partial charge in [-0.25, -0.2) is 0 Å². The van der Waals surface area contributed by atoms with E-state index in [0.717, 1.165) is 42.1 Å². The first-order chi connectivity index (χ1) is 15.0.